The van der Waals surface area contributed by atoms with Crippen LogP contribution >= 0.6 is 0 Å². The van der Waals surface area contributed by atoms with Gasteiger partial charge in [0.1, 0.15) is 5.71 Å². The van der Waals surface area contributed by atoms with Crippen LogP contribution in [0.4, 0.5) is 8.63 Å². The third kappa shape index (κ3) is 2.11. The number of methoxy groups -OCH3 is 1. The summed E-state index contributed by atoms with van der Waals surface area (Å²) in [5.41, 5.74) is 4.15. The SMILES string of the molecule is COC(=O)/C=C/C1=C(C)C2=Cc3c(C)cc(C)n3[B-](F)(F)[N+]2=C1C. The predicted molar refractivity (Wildman–Crippen MR) is 90.0 cm³/mol. The molecule has 3 heterocycles. The minimum absolute atomic E-state index is 0.431. The van der Waals surface area contributed by atoms with E-state index in [1.54, 1.807) is 32.9 Å². The Kier molecular flexibility index (Phi) is 3.62. The van der Waals surface area contributed by atoms with Gasteiger partial charge in [-0.3, -0.25) is 0 Å². The lowest BCUT2D eigenvalue weighted by molar-refractivity contribution is -0.363. The number of hydrogen-bond acceptors (Lipinski definition) is 2. The fraction of sp³-hybridized carbons (Fsp3) is 0.294. The van der Waals surface area contributed by atoms with Gasteiger partial charge in [-0.1, -0.05) is 0 Å². The molecule has 0 saturated heterocycles. The number of esters is 1. The highest BCUT2D eigenvalue weighted by Gasteiger charge is 2.54. The van der Waals surface area contributed by atoms with Crippen LogP contribution in [0, 0.1) is 13.8 Å². The lowest BCUT2D eigenvalue weighted by atomic mass is 9.89. The van der Waals surface area contributed by atoms with Gasteiger partial charge in [-0.15, -0.1) is 0 Å². The first kappa shape index (κ1) is 16.4. The van der Waals surface area contributed by atoms with Crippen molar-refractivity contribution in [2.75, 3.05) is 7.11 Å². The van der Waals surface area contributed by atoms with E-state index in [0.717, 1.165) is 20.1 Å². The van der Waals surface area contributed by atoms with Crippen molar-refractivity contribution >= 4 is 24.7 Å². The summed E-state index contributed by atoms with van der Waals surface area (Å²) in [7, 11) is 1.28. The number of halogens is 2. The topological polar surface area (TPSA) is 34.2 Å². The van der Waals surface area contributed by atoms with E-state index in [9.17, 15) is 4.79 Å². The molecule has 0 aromatic carbocycles. The van der Waals surface area contributed by atoms with E-state index >= 15 is 8.63 Å². The normalized spacial score (nSPS) is 18.9. The average Bonchev–Trinajstić information content (AvgIpc) is 2.93. The lowest BCUT2D eigenvalue weighted by Gasteiger charge is -2.30. The van der Waals surface area contributed by atoms with Crippen molar-refractivity contribution in [2.45, 2.75) is 27.7 Å². The second-order valence-corrected chi connectivity index (χ2v) is 6.19. The molecule has 0 N–H and O–H groups in total. The van der Waals surface area contributed by atoms with Gasteiger partial charge in [0.2, 0.25) is 0 Å². The molecule has 1 aromatic heterocycles. The first-order chi connectivity index (χ1) is 11.2. The van der Waals surface area contributed by atoms with Crippen LogP contribution in [0.1, 0.15) is 30.8 Å². The number of nitrogens with zero attached hydrogens (tertiary/aromatic N) is 2. The van der Waals surface area contributed by atoms with Gasteiger partial charge in [0.05, 0.1) is 7.11 Å². The summed E-state index contributed by atoms with van der Waals surface area (Å²) in [4.78, 5) is 11.3. The number of rotatable bonds is 2. The van der Waals surface area contributed by atoms with Gasteiger partial charge in [-0.25, -0.2) is 4.79 Å². The molecular formula is C17H19BF2N2O2. The minimum atomic E-state index is -3.98. The quantitative estimate of drug-likeness (QED) is 0.473. The largest absolute Gasteiger partial charge is 0.737 e. The fourth-order valence-corrected chi connectivity index (χ4v) is 3.62. The number of carbonyl (C=O) groups is 1. The van der Waals surface area contributed by atoms with Gasteiger partial charge in [-0.05, 0) is 44.2 Å². The lowest BCUT2D eigenvalue weighted by Crippen LogP contribution is -2.50. The fourth-order valence-electron chi connectivity index (χ4n) is 3.62. The third-order valence-corrected chi connectivity index (χ3v) is 4.75. The molecule has 24 heavy (non-hydrogen) atoms. The smallest absolute Gasteiger partial charge is 0.466 e. The van der Waals surface area contributed by atoms with Crippen molar-refractivity contribution in [1.29, 1.82) is 0 Å². The summed E-state index contributed by atoms with van der Waals surface area (Å²) in [5, 5.41) is 0. The highest BCUT2D eigenvalue weighted by atomic mass is 19.2. The van der Waals surface area contributed by atoms with Crippen molar-refractivity contribution in [2.24, 2.45) is 0 Å². The van der Waals surface area contributed by atoms with E-state index < -0.39 is 12.9 Å². The van der Waals surface area contributed by atoms with E-state index in [4.69, 9.17) is 0 Å². The molecule has 0 saturated carbocycles. The molecule has 7 heteroatoms. The molecule has 126 valence electrons. The predicted octanol–water partition coefficient (Wildman–Crippen LogP) is 3.21. The van der Waals surface area contributed by atoms with Crippen LogP contribution in [-0.2, 0) is 9.53 Å². The van der Waals surface area contributed by atoms with Crippen molar-refractivity contribution in [3.05, 3.63) is 52.0 Å². The van der Waals surface area contributed by atoms with Crippen molar-refractivity contribution in [1.82, 2.24) is 4.48 Å². The Morgan fingerprint density at radius 2 is 1.96 bits per heavy atom. The van der Waals surface area contributed by atoms with E-state index in [0.29, 0.717) is 28.4 Å². The summed E-state index contributed by atoms with van der Waals surface area (Å²) in [5.74, 6) is -0.517. The van der Waals surface area contributed by atoms with Crippen LogP contribution < -0.4 is 0 Å². The number of carbonyl (C=O) groups excluding carboxylic acids is 1. The number of aryl methyl sites for hydroxylation is 2. The third-order valence-electron chi connectivity index (χ3n) is 4.75. The van der Waals surface area contributed by atoms with Gasteiger partial charge in [-0.2, -0.15) is 0 Å². The maximum Gasteiger partial charge on any atom is 0.737 e. The standard InChI is InChI=1S/C17H19BF2N2O2/c1-10-8-11(2)21-15(10)9-16-12(3)14(6-7-17(23)24-5)13(4)22(16)18(21,19)20/h6-9H,1-5H3/b7-6+. The molecule has 0 spiro atoms. The maximum absolute atomic E-state index is 15.2. The average molecular weight is 332 g/mol. The molecule has 3 rings (SSSR count). The Hall–Kier alpha value is -2.44. The van der Waals surface area contributed by atoms with E-state index in [-0.39, 0.29) is 0 Å². The summed E-state index contributed by atoms with van der Waals surface area (Å²) in [6, 6.07) is 1.77. The zero-order valence-corrected chi connectivity index (χ0v) is 14.4. The number of hydrogen-bond donors (Lipinski definition) is 0. The Morgan fingerprint density at radius 3 is 2.58 bits per heavy atom. The Balaban J connectivity index is 2.22. The summed E-state index contributed by atoms with van der Waals surface area (Å²) >= 11 is 0. The van der Waals surface area contributed by atoms with Crippen molar-refractivity contribution in [3.63, 3.8) is 0 Å². The number of ether oxygens (including phenoxy) is 1. The van der Waals surface area contributed by atoms with E-state index in [1.807, 2.05) is 6.92 Å². The van der Waals surface area contributed by atoms with Crippen molar-refractivity contribution in [3.8, 4) is 0 Å². The summed E-state index contributed by atoms with van der Waals surface area (Å²) < 4.78 is 37.3. The summed E-state index contributed by atoms with van der Waals surface area (Å²) in [6.07, 6.45) is 4.58. The van der Waals surface area contributed by atoms with Gasteiger partial charge in [0.15, 0.2) is 5.70 Å². The minimum Gasteiger partial charge on any atom is -0.466 e. The zero-order valence-electron chi connectivity index (χ0n) is 14.4. The van der Waals surface area contributed by atoms with Gasteiger partial charge in [0, 0.05) is 35.9 Å². The molecule has 0 unspecified atom stereocenters. The molecule has 0 aliphatic carbocycles. The molecule has 4 nitrogen and oxygen atoms in total. The van der Waals surface area contributed by atoms with Crippen LogP contribution in [0.3, 0.4) is 0 Å². The Bertz CT molecular complexity index is 889. The number of fused-ring (bicyclic) bond motifs is 2. The Labute approximate surface area is 139 Å². The molecule has 0 atom stereocenters. The van der Waals surface area contributed by atoms with E-state index in [1.165, 1.54) is 19.3 Å². The van der Waals surface area contributed by atoms with Crippen LogP contribution in [-0.4, -0.2) is 34.7 Å². The first-order valence-corrected chi connectivity index (χ1v) is 7.73. The molecule has 2 aliphatic heterocycles. The van der Waals surface area contributed by atoms with Gasteiger partial charge in [0.25, 0.3) is 0 Å². The van der Waals surface area contributed by atoms with E-state index in [2.05, 4.69) is 4.74 Å². The highest BCUT2D eigenvalue weighted by molar-refractivity contribution is 6.58. The number of aromatic nitrogens is 1. The van der Waals surface area contributed by atoms with Gasteiger partial charge < -0.3 is 22.3 Å². The van der Waals surface area contributed by atoms with Gasteiger partial charge >= 0.3 is 12.9 Å². The van der Waals surface area contributed by atoms with Crippen molar-refractivity contribution < 1.29 is 22.6 Å². The maximum atomic E-state index is 15.2. The molecular weight excluding hydrogens is 313 g/mol. The second-order valence-electron chi connectivity index (χ2n) is 6.19. The monoisotopic (exact) mass is 332 g/mol. The molecule has 0 bridgehead atoms. The molecule has 0 radical (unpaired) electrons. The first-order valence-electron chi connectivity index (χ1n) is 7.73. The van der Waals surface area contributed by atoms with Crippen LogP contribution in [0.5, 0.6) is 0 Å². The van der Waals surface area contributed by atoms with Crippen LogP contribution in [0.15, 0.2) is 35.1 Å². The number of allylic oxidation sites excluding steroid dienone is 3. The van der Waals surface area contributed by atoms with Crippen LogP contribution in [0.25, 0.3) is 6.08 Å². The highest BCUT2D eigenvalue weighted by Crippen LogP contribution is 2.38. The zero-order chi connectivity index (χ0) is 17.8. The summed E-state index contributed by atoms with van der Waals surface area (Å²) in [6.45, 7) is 2.98. The molecule has 1 aromatic rings. The molecule has 2 aliphatic rings. The molecule has 0 fully saturated rings. The second kappa shape index (κ2) is 5.29. The van der Waals surface area contributed by atoms with Crippen LogP contribution in [0.2, 0.25) is 0 Å². The Morgan fingerprint density at radius 1 is 1.29 bits per heavy atom. The molecule has 0 amide bonds.